The monoisotopic (exact) mass is 320 g/mol. The van der Waals surface area contributed by atoms with E-state index in [1.807, 2.05) is 6.07 Å². The zero-order chi connectivity index (χ0) is 10.6. The lowest BCUT2D eigenvalue weighted by molar-refractivity contribution is 0.572. The largest absolute Gasteiger partial charge is 0.381 e. The van der Waals surface area contributed by atoms with E-state index < -0.39 is 0 Å². The van der Waals surface area contributed by atoms with Crippen molar-refractivity contribution in [2.75, 3.05) is 10.6 Å². The molecule has 2 unspecified atom stereocenters. The molecule has 0 fully saturated rings. The predicted molar refractivity (Wildman–Crippen MR) is 68.0 cm³/mol. The van der Waals surface area contributed by atoms with Crippen LogP contribution in [0.15, 0.2) is 22.9 Å². The van der Waals surface area contributed by atoms with Gasteiger partial charge >= 0.3 is 0 Å². The van der Waals surface area contributed by atoms with Crippen molar-refractivity contribution < 1.29 is 0 Å². The van der Waals surface area contributed by atoms with Crippen LogP contribution in [0.3, 0.4) is 0 Å². The lowest BCUT2D eigenvalue weighted by atomic mass is 10.1. The van der Waals surface area contributed by atoms with Gasteiger partial charge in [0.1, 0.15) is 0 Å². The van der Waals surface area contributed by atoms with Crippen LogP contribution in [0.25, 0.3) is 0 Å². The maximum Gasteiger partial charge on any atom is 0.0590 e. The number of aromatic nitrogens is 1. The summed E-state index contributed by atoms with van der Waals surface area (Å²) >= 11 is 6.94. The number of nitrogens with zero attached hydrogens (tertiary/aromatic N) is 1. The van der Waals surface area contributed by atoms with Gasteiger partial charge < -0.3 is 5.32 Å². The molecule has 0 radical (unpaired) electrons. The van der Waals surface area contributed by atoms with Crippen molar-refractivity contribution in [2.45, 2.75) is 19.9 Å². The fraction of sp³-hybridized carbons (Fsp3) is 0.500. The quantitative estimate of drug-likeness (QED) is 0.856. The van der Waals surface area contributed by atoms with E-state index in [0.29, 0.717) is 12.0 Å². The van der Waals surface area contributed by atoms with Crippen molar-refractivity contribution in [3.63, 3.8) is 0 Å². The van der Waals surface area contributed by atoms with Gasteiger partial charge in [0.2, 0.25) is 0 Å². The summed E-state index contributed by atoms with van der Waals surface area (Å²) in [6.45, 7) is 4.39. The molecule has 2 atom stereocenters. The van der Waals surface area contributed by atoms with Crippen LogP contribution in [-0.2, 0) is 0 Å². The van der Waals surface area contributed by atoms with Crippen molar-refractivity contribution in [1.82, 2.24) is 4.98 Å². The Balaban J connectivity index is 2.64. The third-order valence-corrected chi connectivity index (χ3v) is 3.91. The molecule has 1 heterocycles. The Morgan fingerprint density at radius 1 is 1.50 bits per heavy atom. The molecule has 0 aliphatic heterocycles. The standard InChI is InChI=1S/C10H14Br2N2/c1-7(5-11)8(2)14-10-3-4-13-6-9(10)12/h3-4,6-8H,5H2,1-2H3,(H,13,14). The zero-order valence-electron chi connectivity index (χ0n) is 8.30. The van der Waals surface area contributed by atoms with Gasteiger partial charge in [-0.15, -0.1) is 0 Å². The van der Waals surface area contributed by atoms with Crippen molar-refractivity contribution in [3.8, 4) is 0 Å². The third kappa shape index (κ3) is 3.24. The van der Waals surface area contributed by atoms with Crippen LogP contribution in [0.4, 0.5) is 5.69 Å². The highest BCUT2D eigenvalue weighted by atomic mass is 79.9. The summed E-state index contributed by atoms with van der Waals surface area (Å²) < 4.78 is 1.01. The van der Waals surface area contributed by atoms with Gasteiger partial charge in [0.15, 0.2) is 0 Å². The van der Waals surface area contributed by atoms with Crippen LogP contribution in [0.2, 0.25) is 0 Å². The molecule has 14 heavy (non-hydrogen) atoms. The van der Waals surface area contributed by atoms with Crippen molar-refractivity contribution in [3.05, 3.63) is 22.9 Å². The summed E-state index contributed by atoms with van der Waals surface area (Å²) in [6, 6.07) is 2.41. The number of anilines is 1. The Bertz CT molecular complexity index is 291. The van der Waals surface area contributed by atoms with E-state index in [2.05, 4.69) is 56.0 Å². The molecule has 0 saturated carbocycles. The summed E-state index contributed by atoms with van der Waals surface area (Å²) in [4.78, 5) is 4.02. The number of hydrogen-bond donors (Lipinski definition) is 1. The summed E-state index contributed by atoms with van der Waals surface area (Å²) in [5.74, 6) is 0.593. The Morgan fingerprint density at radius 3 is 2.79 bits per heavy atom. The Hall–Kier alpha value is -0.0900. The minimum Gasteiger partial charge on any atom is -0.381 e. The first kappa shape index (κ1) is 12.0. The molecule has 0 saturated heterocycles. The molecule has 0 amide bonds. The van der Waals surface area contributed by atoms with Crippen molar-refractivity contribution >= 4 is 37.5 Å². The van der Waals surface area contributed by atoms with Crippen LogP contribution in [0.5, 0.6) is 0 Å². The van der Waals surface area contributed by atoms with E-state index in [9.17, 15) is 0 Å². The molecular weight excluding hydrogens is 308 g/mol. The fourth-order valence-corrected chi connectivity index (χ4v) is 1.94. The molecule has 78 valence electrons. The second-order valence-corrected chi connectivity index (χ2v) is 4.92. The molecule has 0 aliphatic carbocycles. The highest BCUT2D eigenvalue weighted by Crippen LogP contribution is 2.22. The second-order valence-electron chi connectivity index (χ2n) is 3.42. The molecule has 1 rings (SSSR count). The zero-order valence-corrected chi connectivity index (χ0v) is 11.5. The number of rotatable bonds is 4. The molecule has 0 bridgehead atoms. The predicted octanol–water partition coefficient (Wildman–Crippen LogP) is 3.68. The topological polar surface area (TPSA) is 24.9 Å². The van der Waals surface area contributed by atoms with Gasteiger partial charge in [0, 0.05) is 23.8 Å². The molecular formula is C10H14Br2N2. The average Bonchev–Trinajstić information content (AvgIpc) is 2.20. The minimum absolute atomic E-state index is 0.438. The van der Waals surface area contributed by atoms with E-state index in [-0.39, 0.29) is 0 Å². The third-order valence-electron chi connectivity index (χ3n) is 2.25. The SMILES string of the molecule is CC(CBr)C(C)Nc1ccncc1Br. The molecule has 1 N–H and O–H groups in total. The van der Waals surface area contributed by atoms with E-state index in [1.54, 1.807) is 12.4 Å². The first-order valence-electron chi connectivity index (χ1n) is 4.57. The first-order chi connectivity index (χ1) is 6.65. The van der Waals surface area contributed by atoms with Gasteiger partial charge in [-0.3, -0.25) is 4.98 Å². The van der Waals surface area contributed by atoms with Gasteiger partial charge in [0.25, 0.3) is 0 Å². The smallest absolute Gasteiger partial charge is 0.0590 e. The van der Waals surface area contributed by atoms with Gasteiger partial charge in [-0.25, -0.2) is 0 Å². The molecule has 0 aromatic carbocycles. The average molecular weight is 322 g/mol. The molecule has 4 heteroatoms. The number of halogens is 2. The molecule has 1 aromatic heterocycles. The van der Waals surface area contributed by atoms with Crippen LogP contribution in [0, 0.1) is 5.92 Å². The number of hydrogen-bond acceptors (Lipinski definition) is 2. The first-order valence-corrected chi connectivity index (χ1v) is 6.48. The lowest BCUT2D eigenvalue weighted by Crippen LogP contribution is -2.24. The highest BCUT2D eigenvalue weighted by molar-refractivity contribution is 9.10. The minimum atomic E-state index is 0.438. The summed E-state index contributed by atoms with van der Waals surface area (Å²) in [7, 11) is 0. The van der Waals surface area contributed by atoms with Crippen LogP contribution in [-0.4, -0.2) is 16.4 Å². The Labute approximate surface area is 102 Å². The van der Waals surface area contributed by atoms with Gasteiger partial charge in [0.05, 0.1) is 10.2 Å². The van der Waals surface area contributed by atoms with Crippen LogP contribution < -0.4 is 5.32 Å². The molecule has 1 aromatic rings. The Kier molecular flexibility index (Phi) is 4.89. The van der Waals surface area contributed by atoms with Gasteiger partial charge in [-0.2, -0.15) is 0 Å². The van der Waals surface area contributed by atoms with Gasteiger partial charge in [-0.1, -0.05) is 22.9 Å². The maximum absolute atomic E-state index is 4.02. The van der Waals surface area contributed by atoms with Crippen molar-refractivity contribution in [1.29, 1.82) is 0 Å². The maximum atomic E-state index is 4.02. The van der Waals surface area contributed by atoms with E-state index in [0.717, 1.165) is 15.5 Å². The van der Waals surface area contributed by atoms with E-state index in [1.165, 1.54) is 0 Å². The second kappa shape index (κ2) is 5.71. The molecule has 0 aliphatic rings. The number of pyridine rings is 1. The lowest BCUT2D eigenvalue weighted by Gasteiger charge is -2.21. The summed E-state index contributed by atoms with van der Waals surface area (Å²) in [6.07, 6.45) is 3.59. The highest BCUT2D eigenvalue weighted by Gasteiger charge is 2.11. The van der Waals surface area contributed by atoms with Crippen LogP contribution in [0.1, 0.15) is 13.8 Å². The molecule has 2 nitrogen and oxygen atoms in total. The Morgan fingerprint density at radius 2 is 2.21 bits per heavy atom. The fourth-order valence-electron chi connectivity index (χ4n) is 1.01. The van der Waals surface area contributed by atoms with E-state index >= 15 is 0 Å². The summed E-state index contributed by atoms with van der Waals surface area (Å²) in [5, 5.41) is 4.45. The summed E-state index contributed by atoms with van der Waals surface area (Å²) in [5.41, 5.74) is 1.10. The van der Waals surface area contributed by atoms with Gasteiger partial charge in [-0.05, 0) is 34.8 Å². The number of nitrogens with one attached hydrogen (secondary N) is 1. The number of alkyl halides is 1. The molecule has 0 spiro atoms. The van der Waals surface area contributed by atoms with E-state index in [4.69, 9.17) is 0 Å². The normalized spacial score (nSPS) is 14.9. The van der Waals surface area contributed by atoms with Crippen molar-refractivity contribution in [2.24, 2.45) is 5.92 Å². The van der Waals surface area contributed by atoms with Crippen LogP contribution >= 0.6 is 31.9 Å².